The highest BCUT2D eigenvalue weighted by molar-refractivity contribution is 7.22. The second kappa shape index (κ2) is 9.37. The third-order valence-electron chi connectivity index (χ3n) is 5.14. The summed E-state index contributed by atoms with van der Waals surface area (Å²) in [5.41, 5.74) is 0.826. The number of alkyl halides is 3. The van der Waals surface area contributed by atoms with Gasteiger partial charge in [0.2, 0.25) is 5.95 Å². The smallest absolute Gasteiger partial charge is 0.379 e. The number of halogens is 3. The van der Waals surface area contributed by atoms with Crippen LogP contribution in [0.2, 0.25) is 0 Å². The van der Waals surface area contributed by atoms with Gasteiger partial charge in [-0.15, -0.1) is 11.3 Å². The average Bonchev–Trinajstić information content (AvgIpc) is 3.21. The predicted octanol–water partition coefficient (Wildman–Crippen LogP) is 4.55. The van der Waals surface area contributed by atoms with E-state index >= 15 is 0 Å². The molecule has 31 heavy (non-hydrogen) atoms. The summed E-state index contributed by atoms with van der Waals surface area (Å²) in [7, 11) is 1.76. The van der Waals surface area contributed by atoms with E-state index in [2.05, 4.69) is 25.5 Å². The highest BCUT2D eigenvalue weighted by atomic mass is 32.1. The van der Waals surface area contributed by atoms with Crippen molar-refractivity contribution in [1.29, 1.82) is 0 Å². The summed E-state index contributed by atoms with van der Waals surface area (Å²) in [6.45, 7) is 5.25. The van der Waals surface area contributed by atoms with E-state index in [0.29, 0.717) is 5.95 Å². The lowest BCUT2D eigenvalue weighted by Crippen LogP contribution is -2.37. The Hall–Kier alpha value is -2.43. The fraction of sp³-hybridized carbons (Fsp3) is 0.429. The summed E-state index contributed by atoms with van der Waals surface area (Å²) < 4.78 is 44.8. The summed E-state index contributed by atoms with van der Waals surface area (Å²) in [4.78, 5) is 12.3. The van der Waals surface area contributed by atoms with Crippen molar-refractivity contribution in [2.24, 2.45) is 0 Å². The first-order chi connectivity index (χ1) is 14.9. The lowest BCUT2D eigenvalue weighted by molar-refractivity contribution is -0.137. The highest BCUT2D eigenvalue weighted by Crippen LogP contribution is 2.38. The van der Waals surface area contributed by atoms with Crippen LogP contribution in [0.15, 0.2) is 30.3 Å². The van der Waals surface area contributed by atoms with Gasteiger partial charge in [-0.3, -0.25) is 4.90 Å². The largest absolute Gasteiger partial charge is 0.416 e. The molecule has 166 valence electrons. The van der Waals surface area contributed by atoms with Gasteiger partial charge in [-0.2, -0.15) is 18.2 Å². The monoisotopic (exact) mass is 451 g/mol. The second-order valence-electron chi connectivity index (χ2n) is 7.28. The molecule has 0 bridgehead atoms. The van der Waals surface area contributed by atoms with Crippen molar-refractivity contribution in [3.8, 4) is 10.4 Å². The van der Waals surface area contributed by atoms with Crippen LogP contribution < -0.4 is 10.6 Å². The maximum absolute atomic E-state index is 12.9. The molecule has 0 spiro atoms. The number of fused-ring (bicyclic) bond motifs is 1. The first-order valence-electron chi connectivity index (χ1n) is 10.1. The molecular formula is C21H24F3N5OS. The molecule has 0 saturated carbocycles. The number of aromatic nitrogens is 2. The van der Waals surface area contributed by atoms with Gasteiger partial charge < -0.3 is 15.4 Å². The zero-order chi connectivity index (χ0) is 21.8. The van der Waals surface area contributed by atoms with Crippen molar-refractivity contribution >= 4 is 33.3 Å². The molecule has 3 aromatic rings. The van der Waals surface area contributed by atoms with Crippen LogP contribution in [-0.4, -0.2) is 61.3 Å². The van der Waals surface area contributed by atoms with Gasteiger partial charge >= 0.3 is 6.18 Å². The number of anilines is 2. The molecule has 1 aliphatic rings. The molecule has 3 heterocycles. The zero-order valence-electron chi connectivity index (χ0n) is 17.1. The quantitative estimate of drug-likeness (QED) is 0.514. The Morgan fingerprint density at radius 3 is 2.55 bits per heavy atom. The number of hydrogen-bond acceptors (Lipinski definition) is 7. The fourth-order valence-electron chi connectivity index (χ4n) is 3.46. The van der Waals surface area contributed by atoms with Gasteiger partial charge in [-0.05, 0) is 36.7 Å². The lowest BCUT2D eigenvalue weighted by atomic mass is 10.1. The van der Waals surface area contributed by atoms with Gasteiger partial charge in [0, 0.05) is 31.6 Å². The van der Waals surface area contributed by atoms with Crippen molar-refractivity contribution in [3.05, 3.63) is 35.9 Å². The summed E-state index contributed by atoms with van der Waals surface area (Å²) in [6, 6.07) is 7.10. The zero-order valence-corrected chi connectivity index (χ0v) is 17.9. The minimum atomic E-state index is -4.34. The van der Waals surface area contributed by atoms with Crippen LogP contribution in [0, 0.1) is 0 Å². The Kier molecular flexibility index (Phi) is 6.59. The average molecular weight is 452 g/mol. The summed E-state index contributed by atoms with van der Waals surface area (Å²) in [6.07, 6.45) is -3.37. The molecule has 2 N–H and O–H groups in total. The van der Waals surface area contributed by atoms with Crippen LogP contribution in [0.4, 0.5) is 24.9 Å². The normalized spacial score (nSPS) is 15.4. The molecule has 1 fully saturated rings. The predicted molar refractivity (Wildman–Crippen MR) is 118 cm³/mol. The van der Waals surface area contributed by atoms with Gasteiger partial charge in [-0.1, -0.05) is 12.1 Å². The molecule has 1 saturated heterocycles. The first kappa shape index (κ1) is 21.8. The van der Waals surface area contributed by atoms with Crippen LogP contribution in [-0.2, 0) is 10.9 Å². The number of ether oxygens (including phenoxy) is 1. The topological polar surface area (TPSA) is 62.3 Å². The number of morpholine rings is 1. The third-order valence-corrected chi connectivity index (χ3v) is 6.32. The summed E-state index contributed by atoms with van der Waals surface area (Å²) >= 11 is 1.47. The van der Waals surface area contributed by atoms with Crippen LogP contribution in [0.25, 0.3) is 20.7 Å². The minimum absolute atomic E-state index is 0.500. The molecule has 0 radical (unpaired) electrons. The van der Waals surface area contributed by atoms with Crippen LogP contribution in [0.3, 0.4) is 0 Å². The minimum Gasteiger partial charge on any atom is -0.379 e. The van der Waals surface area contributed by atoms with E-state index in [1.165, 1.54) is 23.5 Å². The Bertz CT molecular complexity index is 1020. The maximum Gasteiger partial charge on any atom is 0.416 e. The van der Waals surface area contributed by atoms with Crippen LogP contribution in [0.5, 0.6) is 0 Å². The van der Waals surface area contributed by atoms with E-state index in [0.717, 1.165) is 84.4 Å². The fourth-order valence-corrected chi connectivity index (χ4v) is 4.53. The van der Waals surface area contributed by atoms with Crippen molar-refractivity contribution < 1.29 is 17.9 Å². The van der Waals surface area contributed by atoms with E-state index in [-0.39, 0.29) is 0 Å². The number of rotatable bonds is 7. The molecule has 0 atom stereocenters. The molecule has 6 nitrogen and oxygen atoms in total. The van der Waals surface area contributed by atoms with Gasteiger partial charge in [0.25, 0.3) is 0 Å². The number of hydrogen-bond donors (Lipinski definition) is 2. The molecule has 0 unspecified atom stereocenters. The van der Waals surface area contributed by atoms with Gasteiger partial charge in [0.05, 0.1) is 29.0 Å². The molecule has 2 aromatic heterocycles. The molecule has 0 aliphatic carbocycles. The number of nitrogens with one attached hydrogen (secondary N) is 2. The maximum atomic E-state index is 12.9. The Balaban J connectivity index is 1.51. The van der Waals surface area contributed by atoms with Crippen molar-refractivity contribution in [2.45, 2.75) is 12.6 Å². The van der Waals surface area contributed by atoms with Gasteiger partial charge in [0.1, 0.15) is 5.82 Å². The third kappa shape index (κ3) is 5.25. The highest BCUT2D eigenvalue weighted by Gasteiger charge is 2.30. The van der Waals surface area contributed by atoms with Crippen molar-refractivity contribution in [3.63, 3.8) is 0 Å². The molecule has 10 heteroatoms. The van der Waals surface area contributed by atoms with E-state index in [9.17, 15) is 13.2 Å². The molecule has 0 amide bonds. The number of thiophene rings is 1. The Morgan fingerprint density at radius 2 is 1.87 bits per heavy atom. The number of nitrogens with zero attached hydrogens (tertiary/aromatic N) is 3. The molecule has 4 rings (SSSR count). The number of benzene rings is 1. The second-order valence-corrected chi connectivity index (χ2v) is 8.33. The van der Waals surface area contributed by atoms with Crippen molar-refractivity contribution in [2.75, 3.05) is 57.1 Å². The van der Waals surface area contributed by atoms with Gasteiger partial charge in [0.15, 0.2) is 0 Å². The standard InChI is InChI=1S/C21H24F3N5OS/c1-25-20-27-16-13-17(14-3-5-15(6-4-14)21(22,23)24)31-18(16)19(28-20)26-7-2-8-29-9-11-30-12-10-29/h3-6,13H,2,7-12H2,1H3,(H2,25,26,27,28). The molecule has 1 aromatic carbocycles. The summed E-state index contributed by atoms with van der Waals surface area (Å²) in [5, 5.41) is 6.38. The van der Waals surface area contributed by atoms with E-state index < -0.39 is 11.7 Å². The first-order valence-corrected chi connectivity index (χ1v) is 11.0. The van der Waals surface area contributed by atoms with Gasteiger partial charge in [-0.25, -0.2) is 4.98 Å². The van der Waals surface area contributed by atoms with E-state index in [4.69, 9.17) is 4.74 Å². The van der Waals surface area contributed by atoms with Crippen LogP contribution >= 0.6 is 11.3 Å². The van der Waals surface area contributed by atoms with Crippen molar-refractivity contribution in [1.82, 2.24) is 14.9 Å². The molecular weight excluding hydrogens is 427 g/mol. The Labute approximate surface area is 182 Å². The van der Waals surface area contributed by atoms with E-state index in [1.54, 1.807) is 7.05 Å². The lowest BCUT2D eigenvalue weighted by Gasteiger charge is -2.26. The van der Waals surface area contributed by atoms with Crippen LogP contribution in [0.1, 0.15) is 12.0 Å². The SMILES string of the molecule is CNc1nc(NCCCN2CCOCC2)c2sc(-c3ccc(C(F)(F)F)cc3)cc2n1. The Morgan fingerprint density at radius 1 is 1.13 bits per heavy atom. The molecule has 1 aliphatic heterocycles. The summed E-state index contributed by atoms with van der Waals surface area (Å²) in [5.74, 6) is 1.24. The van der Waals surface area contributed by atoms with E-state index in [1.807, 2.05) is 6.07 Å².